The summed E-state index contributed by atoms with van der Waals surface area (Å²) in [5.74, 6) is 0.122. The van der Waals surface area contributed by atoms with Crippen LogP contribution in [-0.2, 0) is 21.6 Å². The summed E-state index contributed by atoms with van der Waals surface area (Å²) in [5, 5.41) is 2.70. The molecule has 0 spiro atoms. The molecule has 1 aliphatic rings. The molecular weight excluding hydrogens is 389 g/mol. The van der Waals surface area contributed by atoms with Gasteiger partial charge in [0.25, 0.3) is 0 Å². The van der Waals surface area contributed by atoms with Crippen molar-refractivity contribution in [3.63, 3.8) is 0 Å². The van der Waals surface area contributed by atoms with Crippen LogP contribution in [-0.4, -0.2) is 18.1 Å². The first-order chi connectivity index (χ1) is 14.1. The number of halogens is 1. The molecule has 0 aliphatic heterocycles. The van der Waals surface area contributed by atoms with Crippen LogP contribution in [0, 0.1) is 5.82 Å². The fraction of sp³-hybridized carbons (Fsp3) is 0.304. The quantitative estimate of drug-likeness (QED) is 0.502. The van der Waals surface area contributed by atoms with Crippen LogP contribution in [0.5, 0.6) is 5.75 Å². The van der Waals surface area contributed by atoms with Crippen molar-refractivity contribution >= 4 is 17.3 Å². The summed E-state index contributed by atoms with van der Waals surface area (Å²) in [6.45, 7) is 0.0988. The van der Waals surface area contributed by atoms with E-state index in [1.165, 1.54) is 23.5 Å². The topological polar surface area (TPSA) is 48.4 Å². The molecule has 29 heavy (non-hydrogen) atoms. The number of nitrogens with zero attached hydrogens (tertiary/aromatic N) is 1. The summed E-state index contributed by atoms with van der Waals surface area (Å²) in [4.78, 5) is 17.6. The van der Waals surface area contributed by atoms with Crippen molar-refractivity contribution in [2.45, 2.75) is 37.7 Å². The van der Waals surface area contributed by atoms with Crippen molar-refractivity contribution in [1.29, 1.82) is 0 Å². The molecule has 3 aromatic rings. The Labute approximate surface area is 173 Å². The molecule has 0 amide bonds. The highest BCUT2D eigenvalue weighted by Gasteiger charge is 2.44. The third-order valence-electron chi connectivity index (χ3n) is 5.47. The van der Waals surface area contributed by atoms with Gasteiger partial charge in [-0.2, -0.15) is 0 Å². The average Bonchev–Trinajstić information content (AvgIpc) is 3.42. The molecule has 0 bridgehead atoms. The number of para-hydroxylation sites is 1. The molecule has 1 saturated carbocycles. The Bertz CT molecular complexity index is 1010. The molecule has 0 radical (unpaired) electrons. The lowest BCUT2D eigenvalue weighted by Gasteiger charge is -2.27. The van der Waals surface area contributed by atoms with Crippen molar-refractivity contribution in [2.24, 2.45) is 0 Å². The number of methoxy groups -OCH3 is 1. The van der Waals surface area contributed by atoms with E-state index in [1.807, 2.05) is 35.7 Å². The van der Waals surface area contributed by atoms with Gasteiger partial charge in [-0.15, -0.1) is 11.3 Å². The second-order valence-corrected chi connectivity index (χ2v) is 8.08. The Morgan fingerprint density at radius 2 is 1.97 bits per heavy atom. The van der Waals surface area contributed by atoms with Gasteiger partial charge in [0.05, 0.1) is 23.8 Å². The van der Waals surface area contributed by atoms with Gasteiger partial charge in [-0.1, -0.05) is 37.1 Å². The molecule has 4 rings (SSSR count). The SMILES string of the molecule is COc1ccccc1-c1nc(COC(=O)C2(c3cccc(F)c3)CCCC2)cs1. The van der Waals surface area contributed by atoms with E-state index in [0.717, 1.165) is 29.2 Å². The van der Waals surface area contributed by atoms with Crippen LogP contribution in [0.1, 0.15) is 36.9 Å². The van der Waals surface area contributed by atoms with Gasteiger partial charge in [-0.25, -0.2) is 9.37 Å². The van der Waals surface area contributed by atoms with Gasteiger partial charge < -0.3 is 9.47 Å². The number of carbonyl (C=O) groups excluding carboxylic acids is 1. The van der Waals surface area contributed by atoms with Gasteiger partial charge in [0.15, 0.2) is 0 Å². The van der Waals surface area contributed by atoms with E-state index in [0.29, 0.717) is 24.1 Å². The number of aromatic nitrogens is 1. The lowest BCUT2D eigenvalue weighted by atomic mass is 9.79. The minimum Gasteiger partial charge on any atom is -0.496 e. The maximum absolute atomic E-state index is 13.8. The van der Waals surface area contributed by atoms with E-state index in [4.69, 9.17) is 9.47 Å². The molecule has 2 aromatic carbocycles. The molecule has 0 N–H and O–H groups in total. The lowest BCUT2D eigenvalue weighted by molar-refractivity contribution is -0.152. The fourth-order valence-electron chi connectivity index (χ4n) is 3.97. The van der Waals surface area contributed by atoms with Gasteiger partial charge in [-0.05, 0) is 42.7 Å². The maximum Gasteiger partial charge on any atom is 0.316 e. The minimum absolute atomic E-state index is 0.0988. The summed E-state index contributed by atoms with van der Waals surface area (Å²) in [6, 6.07) is 14.0. The highest BCUT2D eigenvalue weighted by Crippen LogP contribution is 2.42. The second kappa shape index (κ2) is 8.33. The normalized spacial score (nSPS) is 15.2. The predicted octanol–water partition coefficient (Wildman–Crippen LogP) is 5.51. The molecule has 4 nitrogen and oxygen atoms in total. The monoisotopic (exact) mass is 411 g/mol. The zero-order valence-corrected chi connectivity index (χ0v) is 17.0. The van der Waals surface area contributed by atoms with Crippen molar-refractivity contribution in [1.82, 2.24) is 4.98 Å². The third-order valence-corrected chi connectivity index (χ3v) is 6.39. The number of rotatable bonds is 6. The van der Waals surface area contributed by atoms with Crippen LogP contribution in [0.4, 0.5) is 4.39 Å². The van der Waals surface area contributed by atoms with E-state index < -0.39 is 5.41 Å². The number of hydrogen-bond donors (Lipinski definition) is 0. The van der Waals surface area contributed by atoms with Crippen LogP contribution in [0.2, 0.25) is 0 Å². The standard InChI is InChI=1S/C23H22FNO3S/c1-27-20-10-3-2-9-19(20)21-25-18(15-29-21)14-28-22(26)23(11-4-5-12-23)16-7-6-8-17(24)13-16/h2-3,6-10,13,15H,4-5,11-12,14H2,1H3. The molecule has 1 aliphatic carbocycles. The van der Waals surface area contributed by atoms with Crippen LogP contribution in [0.3, 0.4) is 0 Å². The third kappa shape index (κ3) is 3.90. The first-order valence-corrected chi connectivity index (χ1v) is 10.5. The van der Waals surface area contributed by atoms with Crippen molar-refractivity contribution in [3.05, 3.63) is 71.0 Å². The van der Waals surface area contributed by atoms with Crippen molar-refractivity contribution in [3.8, 4) is 16.3 Å². The molecule has 1 aromatic heterocycles. The van der Waals surface area contributed by atoms with Crippen LogP contribution >= 0.6 is 11.3 Å². The number of carbonyl (C=O) groups is 1. The largest absolute Gasteiger partial charge is 0.496 e. The average molecular weight is 411 g/mol. The van der Waals surface area contributed by atoms with Gasteiger partial charge in [-0.3, -0.25) is 4.79 Å². The highest BCUT2D eigenvalue weighted by molar-refractivity contribution is 7.13. The molecule has 0 saturated heterocycles. The minimum atomic E-state index is -0.760. The molecule has 1 heterocycles. The van der Waals surface area contributed by atoms with E-state index in [1.54, 1.807) is 13.2 Å². The number of benzene rings is 2. The zero-order valence-electron chi connectivity index (χ0n) is 16.2. The van der Waals surface area contributed by atoms with Gasteiger partial charge in [0, 0.05) is 5.38 Å². The van der Waals surface area contributed by atoms with Gasteiger partial charge in [0.2, 0.25) is 0 Å². The molecule has 0 atom stereocenters. The van der Waals surface area contributed by atoms with Crippen LogP contribution in [0.15, 0.2) is 53.9 Å². The Morgan fingerprint density at radius 3 is 2.72 bits per heavy atom. The smallest absolute Gasteiger partial charge is 0.316 e. The first-order valence-electron chi connectivity index (χ1n) is 9.63. The van der Waals surface area contributed by atoms with E-state index >= 15 is 0 Å². The Morgan fingerprint density at radius 1 is 1.17 bits per heavy atom. The summed E-state index contributed by atoms with van der Waals surface area (Å²) in [5.41, 5.74) is 1.54. The van der Waals surface area contributed by atoms with Crippen molar-refractivity contribution < 1.29 is 18.7 Å². The second-order valence-electron chi connectivity index (χ2n) is 7.22. The van der Waals surface area contributed by atoms with Gasteiger partial charge >= 0.3 is 5.97 Å². The Kier molecular flexibility index (Phi) is 5.62. The summed E-state index contributed by atoms with van der Waals surface area (Å²) >= 11 is 1.48. The number of ether oxygens (including phenoxy) is 2. The fourth-order valence-corrected chi connectivity index (χ4v) is 4.81. The summed E-state index contributed by atoms with van der Waals surface area (Å²) in [6.07, 6.45) is 3.22. The molecule has 0 unspecified atom stereocenters. The zero-order chi connectivity index (χ0) is 20.3. The molecule has 1 fully saturated rings. The predicted molar refractivity (Wildman–Crippen MR) is 110 cm³/mol. The van der Waals surface area contributed by atoms with E-state index in [-0.39, 0.29) is 18.4 Å². The summed E-state index contributed by atoms with van der Waals surface area (Å²) < 4.78 is 24.8. The lowest BCUT2D eigenvalue weighted by Crippen LogP contribution is -2.34. The molecular formula is C23H22FNO3S. The Balaban J connectivity index is 1.50. The maximum atomic E-state index is 13.8. The molecule has 6 heteroatoms. The Hall–Kier alpha value is -2.73. The first kappa shape index (κ1) is 19.6. The number of hydrogen-bond acceptors (Lipinski definition) is 5. The molecule has 150 valence electrons. The number of esters is 1. The van der Waals surface area contributed by atoms with Gasteiger partial charge in [0.1, 0.15) is 23.2 Å². The summed E-state index contributed by atoms with van der Waals surface area (Å²) in [7, 11) is 1.63. The van der Waals surface area contributed by atoms with E-state index in [9.17, 15) is 9.18 Å². The number of thiazole rings is 1. The van der Waals surface area contributed by atoms with Crippen molar-refractivity contribution in [2.75, 3.05) is 7.11 Å². The van der Waals surface area contributed by atoms with Crippen LogP contribution in [0.25, 0.3) is 10.6 Å². The van der Waals surface area contributed by atoms with E-state index in [2.05, 4.69) is 4.98 Å². The highest BCUT2D eigenvalue weighted by atomic mass is 32.1. The van der Waals surface area contributed by atoms with Crippen LogP contribution < -0.4 is 4.74 Å².